The summed E-state index contributed by atoms with van der Waals surface area (Å²) < 4.78 is 16.3. The van der Waals surface area contributed by atoms with E-state index in [1.54, 1.807) is 30.3 Å². The van der Waals surface area contributed by atoms with Gasteiger partial charge >= 0.3 is 0 Å². The maximum absolute atomic E-state index is 13.4. The second-order valence-corrected chi connectivity index (χ2v) is 9.03. The standard InChI is InChI=1S/C28H25Cl2NO6/c1-4-37-19-10-7-9-16(12-19)24-23(25(32)18-13-20(29)27(36-3)21(30)14-18)26(33)28(34)31(24)15-17-8-5-6-11-22(17)35-2/h5-14,24,32H,4,15H2,1-3H3/b25-23+. The average Bonchev–Trinajstić information content (AvgIpc) is 3.13. The summed E-state index contributed by atoms with van der Waals surface area (Å²) >= 11 is 12.6. The lowest BCUT2D eigenvalue weighted by Crippen LogP contribution is -2.29. The Kier molecular flexibility index (Phi) is 7.95. The summed E-state index contributed by atoms with van der Waals surface area (Å²) in [6.45, 7) is 2.37. The Bertz CT molecular complexity index is 1360. The van der Waals surface area contributed by atoms with Gasteiger partial charge in [-0.05, 0) is 42.8 Å². The van der Waals surface area contributed by atoms with Crippen molar-refractivity contribution in [2.24, 2.45) is 0 Å². The molecule has 0 spiro atoms. The Hall–Kier alpha value is -3.68. The molecule has 1 atom stereocenters. The van der Waals surface area contributed by atoms with E-state index in [0.717, 1.165) is 0 Å². The zero-order valence-electron chi connectivity index (χ0n) is 20.5. The van der Waals surface area contributed by atoms with Gasteiger partial charge < -0.3 is 24.2 Å². The first-order valence-electron chi connectivity index (χ1n) is 11.5. The second kappa shape index (κ2) is 11.2. The molecule has 0 bridgehead atoms. The van der Waals surface area contributed by atoms with Gasteiger partial charge in [-0.15, -0.1) is 0 Å². The molecule has 0 saturated carbocycles. The minimum Gasteiger partial charge on any atom is -0.507 e. The summed E-state index contributed by atoms with van der Waals surface area (Å²) in [5, 5.41) is 11.7. The number of nitrogens with zero attached hydrogens (tertiary/aromatic N) is 1. The number of carbonyl (C=O) groups excluding carboxylic acids is 2. The van der Waals surface area contributed by atoms with Crippen molar-refractivity contribution < 1.29 is 28.9 Å². The van der Waals surface area contributed by atoms with Crippen molar-refractivity contribution in [3.63, 3.8) is 0 Å². The smallest absolute Gasteiger partial charge is 0.295 e. The predicted molar refractivity (Wildman–Crippen MR) is 141 cm³/mol. The molecular weight excluding hydrogens is 517 g/mol. The number of aliphatic hydroxyl groups is 1. The third-order valence-corrected chi connectivity index (χ3v) is 6.60. The van der Waals surface area contributed by atoms with Crippen molar-refractivity contribution in [2.45, 2.75) is 19.5 Å². The fourth-order valence-corrected chi connectivity index (χ4v) is 5.04. The highest BCUT2D eigenvalue weighted by atomic mass is 35.5. The van der Waals surface area contributed by atoms with E-state index in [4.69, 9.17) is 37.4 Å². The number of hydrogen-bond donors (Lipinski definition) is 1. The Morgan fingerprint density at radius 3 is 2.32 bits per heavy atom. The Morgan fingerprint density at radius 2 is 1.68 bits per heavy atom. The van der Waals surface area contributed by atoms with Gasteiger partial charge in [-0.3, -0.25) is 9.59 Å². The molecule has 0 aliphatic carbocycles. The highest BCUT2D eigenvalue weighted by molar-refractivity contribution is 6.46. The van der Waals surface area contributed by atoms with E-state index in [-0.39, 0.29) is 33.5 Å². The fraction of sp³-hybridized carbons (Fsp3) is 0.214. The number of halogens is 2. The number of Topliss-reactive ketones (excluding diaryl/α,β-unsaturated/α-hetero) is 1. The van der Waals surface area contributed by atoms with E-state index in [1.165, 1.54) is 31.3 Å². The van der Waals surface area contributed by atoms with Gasteiger partial charge in [0.05, 0.1) is 49.0 Å². The molecule has 1 fully saturated rings. The molecule has 1 heterocycles. The molecule has 37 heavy (non-hydrogen) atoms. The number of benzene rings is 3. The highest BCUT2D eigenvalue weighted by Crippen LogP contribution is 2.43. The molecule has 0 radical (unpaired) electrons. The van der Waals surface area contributed by atoms with Gasteiger partial charge in [0.25, 0.3) is 11.7 Å². The monoisotopic (exact) mass is 541 g/mol. The van der Waals surface area contributed by atoms with Gasteiger partial charge in [-0.25, -0.2) is 0 Å². The summed E-state index contributed by atoms with van der Waals surface area (Å²) in [7, 11) is 2.95. The number of carbonyl (C=O) groups is 2. The fourth-order valence-electron chi connectivity index (χ4n) is 4.39. The Balaban J connectivity index is 1.91. The van der Waals surface area contributed by atoms with Crippen molar-refractivity contribution >= 4 is 40.7 Å². The van der Waals surface area contributed by atoms with E-state index in [1.807, 2.05) is 25.1 Å². The van der Waals surface area contributed by atoms with E-state index >= 15 is 0 Å². The SMILES string of the molecule is CCOc1cccc(C2/C(=C(\O)c3cc(Cl)c(OC)c(Cl)c3)C(=O)C(=O)N2Cc2ccccc2OC)c1. The van der Waals surface area contributed by atoms with Crippen LogP contribution in [0.4, 0.5) is 0 Å². The molecule has 9 heteroatoms. The van der Waals surface area contributed by atoms with Gasteiger partial charge in [0.2, 0.25) is 0 Å². The number of likely N-dealkylation sites (tertiary alicyclic amines) is 1. The van der Waals surface area contributed by atoms with Crippen LogP contribution in [0.2, 0.25) is 10.0 Å². The van der Waals surface area contributed by atoms with Crippen LogP contribution in [0.5, 0.6) is 17.2 Å². The van der Waals surface area contributed by atoms with Gasteiger partial charge in [0.15, 0.2) is 5.75 Å². The van der Waals surface area contributed by atoms with Crippen molar-refractivity contribution in [1.29, 1.82) is 0 Å². The quantitative estimate of drug-likeness (QED) is 0.213. The summed E-state index contributed by atoms with van der Waals surface area (Å²) in [4.78, 5) is 28.2. The normalized spacial score (nSPS) is 16.7. The van der Waals surface area contributed by atoms with Crippen LogP contribution in [0, 0.1) is 0 Å². The van der Waals surface area contributed by atoms with Crippen LogP contribution in [0.3, 0.4) is 0 Å². The van der Waals surface area contributed by atoms with E-state index in [9.17, 15) is 14.7 Å². The Morgan fingerprint density at radius 1 is 0.973 bits per heavy atom. The van der Waals surface area contributed by atoms with E-state index < -0.39 is 23.5 Å². The van der Waals surface area contributed by atoms with Crippen LogP contribution in [-0.4, -0.2) is 42.5 Å². The number of rotatable bonds is 8. The van der Waals surface area contributed by atoms with Crippen molar-refractivity contribution in [3.05, 3.63) is 93.0 Å². The molecule has 1 aliphatic rings. The topological polar surface area (TPSA) is 85.3 Å². The molecule has 3 aromatic carbocycles. The van der Waals surface area contributed by atoms with Crippen molar-refractivity contribution in [2.75, 3.05) is 20.8 Å². The van der Waals surface area contributed by atoms with Gasteiger partial charge in [0.1, 0.15) is 17.3 Å². The minimum absolute atomic E-state index is 0.0685. The Labute approximate surface area is 224 Å². The molecule has 192 valence electrons. The number of ether oxygens (including phenoxy) is 3. The predicted octanol–water partition coefficient (Wildman–Crippen LogP) is 6.03. The second-order valence-electron chi connectivity index (χ2n) is 8.22. The summed E-state index contributed by atoms with van der Waals surface area (Å²) in [6, 6.07) is 16.2. The third-order valence-electron chi connectivity index (χ3n) is 6.03. The molecule has 1 N–H and O–H groups in total. The van der Waals surface area contributed by atoms with Crippen LogP contribution in [-0.2, 0) is 16.1 Å². The first-order valence-corrected chi connectivity index (χ1v) is 12.2. The lowest BCUT2D eigenvalue weighted by atomic mass is 9.95. The van der Waals surface area contributed by atoms with Crippen LogP contribution in [0.15, 0.2) is 66.2 Å². The van der Waals surface area contributed by atoms with E-state index in [0.29, 0.717) is 29.2 Å². The molecule has 3 aromatic rings. The van der Waals surface area contributed by atoms with Crippen LogP contribution in [0.1, 0.15) is 29.7 Å². The average molecular weight is 542 g/mol. The maximum atomic E-state index is 13.4. The number of amides is 1. The van der Waals surface area contributed by atoms with Crippen molar-refractivity contribution in [1.82, 2.24) is 4.90 Å². The summed E-state index contributed by atoms with van der Waals surface area (Å²) in [6.07, 6.45) is 0. The zero-order chi connectivity index (χ0) is 26.7. The molecule has 4 rings (SSSR count). The molecule has 1 unspecified atom stereocenters. The molecular formula is C28H25Cl2NO6. The lowest BCUT2D eigenvalue weighted by Gasteiger charge is -2.26. The third kappa shape index (κ3) is 5.10. The zero-order valence-corrected chi connectivity index (χ0v) is 22.0. The number of para-hydroxylation sites is 1. The molecule has 0 aromatic heterocycles. The van der Waals surface area contributed by atoms with Gasteiger partial charge in [-0.2, -0.15) is 0 Å². The van der Waals surface area contributed by atoms with E-state index in [2.05, 4.69) is 0 Å². The number of ketones is 1. The summed E-state index contributed by atoms with van der Waals surface area (Å²) in [5.74, 6) is -0.623. The van der Waals surface area contributed by atoms with Crippen LogP contribution >= 0.6 is 23.2 Å². The largest absolute Gasteiger partial charge is 0.507 e. The lowest BCUT2D eigenvalue weighted by molar-refractivity contribution is -0.140. The van der Waals surface area contributed by atoms with Crippen LogP contribution in [0.25, 0.3) is 5.76 Å². The first kappa shape index (κ1) is 26.4. The maximum Gasteiger partial charge on any atom is 0.295 e. The highest BCUT2D eigenvalue weighted by Gasteiger charge is 2.46. The molecule has 1 aliphatic heterocycles. The molecule has 7 nitrogen and oxygen atoms in total. The minimum atomic E-state index is -0.912. The van der Waals surface area contributed by atoms with Gasteiger partial charge in [-0.1, -0.05) is 53.5 Å². The van der Waals surface area contributed by atoms with Crippen molar-refractivity contribution in [3.8, 4) is 17.2 Å². The number of aliphatic hydroxyl groups excluding tert-OH is 1. The number of hydrogen-bond acceptors (Lipinski definition) is 6. The van der Waals surface area contributed by atoms with Gasteiger partial charge in [0, 0.05) is 11.1 Å². The molecule has 1 saturated heterocycles. The van der Waals surface area contributed by atoms with Crippen LogP contribution < -0.4 is 14.2 Å². The summed E-state index contributed by atoms with van der Waals surface area (Å²) in [5.41, 5.74) is 1.38. The number of methoxy groups -OCH3 is 2. The first-order chi connectivity index (χ1) is 17.8. The molecule has 1 amide bonds.